The Hall–Kier alpha value is -3.28. The number of fused-ring (bicyclic) bond motifs is 2. The highest BCUT2D eigenvalue weighted by Crippen LogP contribution is 2.60. The van der Waals surface area contributed by atoms with Crippen molar-refractivity contribution < 1.29 is 33.1 Å². The van der Waals surface area contributed by atoms with Crippen molar-refractivity contribution in [1.29, 1.82) is 0 Å². The van der Waals surface area contributed by atoms with Crippen LogP contribution in [0.3, 0.4) is 0 Å². The molecule has 0 saturated carbocycles. The quantitative estimate of drug-likeness (QED) is 0.343. The number of hydrogen-bond acceptors (Lipinski definition) is 6. The van der Waals surface area contributed by atoms with Crippen LogP contribution in [0.2, 0.25) is 18.6 Å². The molecular weight excluding hydrogens is 581 g/mol. The largest absolute Gasteiger partial charge is 0.497 e. The minimum absolute atomic E-state index is 0.0448. The van der Waals surface area contributed by atoms with Crippen molar-refractivity contribution in [3.63, 3.8) is 0 Å². The van der Waals surface area contributed by atoms with Gasteiger partial charge in [0.15, 0.2) is 5.60 Å². The Bertz CT molecular complexity index is 1450. The fourth-order valence-electron chi connectivity index (χ4n) is 8.04. The molecule has 1 N–H and O–H groups in total. The number of aliphatic hydroxyl groups is 1. The summed E-state index contributed by atoms with van der Waals surface area (Å²) in [5.41, 5.74) is 0.934. The number of halogens is 1. The van der Waals surface area contributed by atoms with Gasteiger partial charge < -0.3 is 33.4 Å². The lowest BCUT2D eigenvalue weighted by Crippen LogP contribution is -2.45. The summed E-state index contributed by atoms with van der Waals surface area (Å²) in [6.45, 7) is 6.53. The maximum absolute atomic E-state index is 16.2. The third-order valence-corrected chi connectivity index (χ3v) is 12.6. The number of rotatable bonds is 8. The van der Waals surface area contributed by atoms with E-state index in [0.717, 1.165) is 30.5 Å². The van der Waals surface area contributed by atoms with E-state index in [9.17, 15) is 19.5 Å². The van der Waals surface area contributed by atoms with Crippen LogP contribution in [0.25, 0.3) is 0 Å². The highest BCUT2D eigenvalue weighted by molar-refractivity contribution is 6.72. The van der Waals surface area contributed by atoms with Crippen LogP contribution in [0.4, 0.5) is 15.5 Å². The van der Waals surface area contributed by atoms with E-state index in [1.54, 1.807) is 41.0 Å². The minimum atomic E-state index is -3.45. The van der Waals surface area contributed by atoms with Crippen LogP contribution in [-0.4, -0.2) is 75.1 Å². The topological polar surface area (TPSA) is 99.6 Å². The number of likely N-dealkylation sites (tertiary alicyclic amines) is 1. The Morgan fingerprint density at radius 3 is 2.52 bits per heavy atom. The molecule has 2 aromatic rings. The van der Waals surface area contributed by atoms with Gasteiger partial charge in [-0.1, -0.05) is 19.1 Å². The van der Waals surface area contributed by atoms with Crippen molar-refractivity contribution in [2.45, 2.75) is 82.0 Å². The second-order valence-electron chi connectivity index (χ2n) is 13.1. The number of nitrogens with zero attached hydrogens (tertiary/aromatic N) is 3. The summed E-state index contributed by atoms with van der Waals surface area (Å²) in [6.07, 6.45) is 2.11. The predicted molar refractivity (Wildman–Crippen MR) is 167 cm³/mol. The first kappa shape index (κ1) is 30.7. The molecule has 5 atom stereocenters. The molecule has 44 heavy (non-hydrogen) atoms. The fourth-order valence-corrected chi connectivity index (χ4v) is 10.5. The molecule has 236 valence electrons. The third-order valence-electron chi connectivity index (χ3n) is 10.1. The first-order valence-corrected chi connectivity index (χ1v) is 18.6. The van der Waals surface area contributed by atoms with Gasteiger partial charge in [0.1, 0.15) is 5.75 Å². The zero-order valence-electron chi connectivity index (χ0n) is 25.9. The standard InChI is InChI=1S/C33H42FN3O6Si/c1-21-31(44(3,4)34)28(18-30(40)36-15-5-7-24(36)20-38)43-33(21)26-17-25(42-2)13-14-27(26)37(32(33)41)19-22-9-11-23(12-10-22)35-16-6-8-29(35)39/h9-14,17,21,24,28,31,38H,5-8,15-16,18-20H2,1-4H3/t21-,24+,28+,31-,33+/m1/s1. The Kier molecular flexibility index (Phi) is 8.08. The molecule has 3 saturated heterocycles. The summed E-state index contributed by atoms with van der Waals surface area (Å²) in [5.74, 6) is -0.318. The number of benzene rings is 2. The fraction of sp³-hybridized carbons (Fsp3) is 0.545. The summed E-state index contributed by atoms with van der Waals surface area (Å²) in [5, 5.41) is 9.80. The lowest BCUT2D eigenvalue weighted by molar-refractivity contribution is -0.150. The van der Waals surface area contributed by atoms with Gasteiger partial charge in [0.05, 0.1) is 44.5 Å². The molecule has 0 unspecified atom stereocenters. The van der Waals surface area contributed by atoms with Gasteiger partial charge in [-0.15, -0.1) is 0 Å². The number of carbonyl (C=O) groups is 3. The molecule has 1 spiro atoms. The number of carbonyl (C=O) groups excluding carboxylic acids is 3. The molecule has 4 aliphatic rings. The number of amides is 3. The van der Waals surface area contributed by atoms with E-state index in [-0.39, 0.29) is 43.3 Å². The van der Waals surface area contributed by atoms with Crippen LogP contribution < -0.4 is 14.5 Å². The van der Waals surface area contributed by atoms with E-state index in [4.69, 9.17) is 9.47 Å². The van der Waals surface area contributed by atoms with Gasteiger partial charge in [0, 0.05) is 42.2 Å². The van der Waals surface area contributed by atoms with E-state index in [0.29, 0.717) is 36.5 Å². The van der Waals surface area contributed by atoms with Crippen molar-refractivity contribution in [1.82, 2.24) is 4.90 Å². The number of ether oxygens (including phenoxy) is 2. The molecule has 3 fully saturated rings. The zero-order chi connectivity index (χ0) is 31.4. The number of methoxy groups -OCH3 is 1. The van der Waals surface area contributed by atoms with Crippen LogP contribution in [0.1, 0.15) is 50.2 Å². The van der Waals surface area contributed by atoms with Crippen molar-refractivity contribution in [3.8, 4) is 5.75 Å². The molecule has 9 nitrogen and oxygen atoms in total. The molecule has 3 amide bonds. The van der Waals surface area contributed by atoms with Crippen LogP contribution in [-0.2, 0) is 31.3 Å². The molecule has 4 heterocycles. The summed E-state index contributed by atoms with van der Waals surface area (Å²) < 4.78 is 28.5. The van der Waals surface area contributed by atoms with E-state index < -0.39 is 31.6 Å². The lowest BCUT2D eigenvalue weighted by Gasteiger charge is -2.31. The van der Waals surface area contributed by atoms with Crippen molar-refractivity contribution in [2.24, 2.45) is 5.92 Å². The number of hydrogen-bond donors (Lipinski definition) is 1. The first-order chi connectivity index (χ1) is 21.0. The maximum atomic E-state index is 16.2. The Labute approximate surface area is 259 Å². The van der Waals surface area contributed by atoms with E-state index in [1.807, 2.05) is 43.3 Å². The van der Waals surface area contributed by atoms with Crippen LogP contribution in [0.5, 0.6) is 5.75 Å². The van der Waals surface area contributed by atoms with Gasteiger partial charge in [-0.3, -0.25) is 14.4 Å². The summed E-state index contributed by atoms with van der Waals surface area (Å²) >= 11 is 0. The molecule has 0 bridgehead atoms. The monoisotopic (exact) mass is 623 g/mol. The zero-order valence-corrected chi connectivity index (χ0v) is 26.9. The third kappa shape index (κ3) is 5.02. The average Bonchev–Trinajstić information content (AvgIpc) is 3.76. The molecule has 2 aromatic carbocycles. The molecular formula is C33H42FN3O6Si. The predicted octanol–water partition coefficient (Wildman–Crippen LogP) is 4.52. The molecule has 0 aliphatic carbocycles. The Morgan fingerprint density at radius 2 is 1.89 bits per heavy atom. The highest BCUT2D eigenvalue weighted by Gasteiger charge is 2.67. The molecule has 4 aliphatic heterocycles. The van der Waals surface area contributed by atoms with Gasteiger partial charge >= 0.3 is 0 Å². The van der Waals surface area contributed by atoms with Crippen LogP contribution >= 0.6 is 0 Å². The van der Waals surface area contributed by atoms with E-state index in [2.05, 4.69) is 0 Å². The van der Waals surface area contributed by atoms with Crippen molar-refractivity contribution in [2.75, 3.05) is 36.6 Å². The van der Waals surface area contributed by atoms with Crippen LogP contribution in [0.15, 0.2) is 42.5 Å². The number of aliphatic hydroxyl groups excluding tert-OH is 1. The van der Waals surface area contributed by atoms with Gasteiger partial charge in [-0.25, -0.2) is 0 Å². The van der Waals surface area contributed by atoms with Crippen molar-refractivity contribution in [3.05, 3.63) is 53.6 Å². The van der Waals surface area contributed by atoms with E-state index in [1.165, 1.54) is 0 Å². The molecule has 0 aromatic heterocycles. The SMILES string of the molecule is COc1ccc2c(c1)[C@]1(O[C@@H](CC(=O)N3CCC[C@H]3CO)[C@H]([Si](C)(C)F)[C@H]1C)C(=O)N2Cc1ccc(N2CCCC2=O)cc1. The summed E-state index contributed by atoms with van der Waals surface area (Å²) in [4.78, 5) is 45.6. The lowest BCUT2D eigenvalue weighted by atomic mass is 9.82. The van der Waals surface area contributed by atoms with Gasteiger partial charge in [0.25, 0.3) is 5.91 Å². The maximum Gasteiger partial charge on any atom is 0.264 e. The van der Waals surface area contributed by atoms with Gasteiger partial charge in [-0.05, 0) is 68.3 Å². The summed E-state index contributed by atoms with van der Waals surface area (Å²) in [6, 6.07) is 12.9. The van der Waals surface area contributed by atoms with Gasteiger partial charge in [-0.2, -0.15) is 0 Å². The second kappa shape index (κ2) is 11.6. The normalized spacial score (nSPS) is 28.5. The van der Waals surface area contributed by atoms with Crippen molar-refractivity contribution >= 4 is 37.5 Å². The average molecular weight is 624 g/mol. The number of anilines is 2. The summed E-state index contributed by atoms with van der Waals surface area (Å²) in [7, 11) is -1.89. The second-order valence-corrected chi connectivity index (χ2v) is 16.9. The smallest absolute Gasteiger partial charge is 0.264 e. The van der Waals surface area contributed by atoms with Crippen LogP contribution in [0, 0.1) is 5.92 Å². The first-order valence-electron chi connectivity index (χ1n) is 15.7. The Morgan fingerprint density at radius 1 is 1.14 bits per heavy atom. The molecule has 6 rings (SSSR count). The Balaban J connectivity index is 1.34. The van der Waals surface area contributed by atoms with Gasteiger partial charge in [0.2, 0.25) is 20.2 Å². The minimum Gasteiger partial charge on any atom is -0.497 e. The van der Waals surface area contributed by atoms with E-state index >= 15 is 4.11 Å². The molecule has 11 heteroatoms. The molecule has 0 radical (unpaired) electrons. The highest BCUT2D eigenvalue weighted by atomic mass is 28.4.